The molecule has 0 amide bonds. The maximum absolute atomic E-state index is 13.7. The molecule has 232 valence electrons. The molecule has 2 aliphatic carbocycles. The Morgan fingerprint density at radius 3 is 1.48 bits per heavy atom. The van der Waals surface area contributed by atoms with Crippen LogP contribution in [0.4, 0.5) is 39.5 Å². The van der Waals surface area contributed by atoms with E-state index in [2.05, 4.69) is 23.9 Å². The van der Waals surface area contributed by atoms with E-state index in [9.17, 15) is 50.0 Å². The molecular weight excluding hydrogens is 635 g/mol. The summed E-state index contributed by atoms with van der Waals surface area (Å²) in [7, 11) is 0. The first kappa shape index (κ1) is 31.6. The van der Waals surface area contributed by atoms with Gasteiger partial charge in [-0.1, -0.05) is 18.2 Å². The third-order valence-corrected chi connectivity index (χ3v) is 7.16. The quantitative estimate of drug-likeness (QED) is 0.157. The van der Waals surface area contributed by atoms with E-state index in [0.29, 0.717) is 6.07 Å². The standard InChI is InChI=1S/C30H11F9N4O3/c1-12-4-5-13-8-15-23(18(11-41)43-3)25-16(22(17(10-40)42-2)24(15)20(13)26(12)45-29(34,35)36)9-14-6-7-19(44-28(31,32)33)27(21(14)25)46-30(37,38)39/h4-7H,8-9H2,1H3/b22-17-,23-18+. The lowest BCUT2D eigenvalue weighted by Crippen LogP contribution is -2.27. The molecule has 0 aliphatic heterocycles. The van der Waals surface area contributed by atoms with E-state index in [0.717, 1.165) is 6.07 Å². The van der Waals surface area contributed by atoms with Crippen LogP contribution < -0.4 is 24.6 Å². The van der Waals surface area contributed by atoms with Gasteiger partial charge < -0.3 is 14.2 Å². The molecule has 46 heavy (non-hydrogen) atoms. The van der Waals surface area contributed by atoms with Gasteiger partial charge in [0.15, 0.2) is 11.5 Å². The normalized spacial score (nSPS) is 14.3. The van der Waals surface area contributed by atoms with Gasteiger partial charge in [0.25, 0.3) is 11.4 Å². The summed E-state index contributed by atoms with van der Waals surface area (Å²) in [5.74, 6) is -3.64. The van der Waals surface area contributed by atoms with Gasteiger partial charge >= 0.3 is 19.1 Å². The van der Waals surface area contributed by atoms with Crippen molar-refractivity contribution >= 4 is 11.4 Å². The SMILES string of the molecule is [C-]#[N+]/C(C#N)=c1/c2c(/c(=C(\C#N)[N+]#[C-])c3c1-c1c(ccc(C)c1OC(F)(F)F)C3)-c1c(ccc(OC(F)(F)F)c1OC(F)(F)F)C2. The lowest BCUT2D eigenvalue weighted by molar-refractivity contribution is -0.287. The second-order valence-electron chi connectivity index (χ2n) is 9.77. The Hall–Kier alpha value is -5.87. The highest BCUT2D eigenvalue weighted by atomic mass is 19.4. The highest BCUT2D eigenvalue weighted by Gasteiger charge is 2.42. The molecule has 7 nitrogen and oxygen atoms in total. The molecule has 0 aromatic heterocycles. The van der Waals surface area contributed by atoms with E-state index >= 15 is 0 Å². The largest absolute Gasteiger partial charge is 0.573 e. The summed E-state index contributed by atoms with van der Waals surface area (Å²) in [6, 6.07) is 7.39. The zero-order valence-electron chi connectivity index (χ0n) is 22.6. The Kier molecular flexibility index (Phi) is 7.30. The fourth-order valence-electron chi connectivity index (χ4n) is 5.78. The summed E-state index contributed by atoms with van der Waals surface area (Å²) in [6.45, 7) is 16.6. The second-order valence-corrected chi connectivity index (χ2v) is 9.77. The van der Waals surface area contributed by atoms with Gasteiger partial charge in [0.2, 0.25) is 0 Å². The number of hydrogen-bond donors (Lipinski definition) is 0. The molecule has 0 N–H and O–H groups in total. The molecule has 0 radical (unpaired) electrons. The van der Waals surface area contributed by atoms with E-state index in [1.54, 1.807) is 12.1 Å². The van der Waals surface area contributed by atoms with E-state index in [4.69, 9.17) is 13.1 Å². The summed E-state index contributed by atoms with van der Waals surface area (Å²) in [4.78, 5) is 6.34. The van der Waals surface area contributed by atoms with Crippen molar-refractivity contribution in [1.29, 1.82) is 10.5 Å². The minimum absolute atomic E-state index is 0.0361. The number of aryl methyl sites for hydroxylation is 1. The van der Waals surface area contributed by atoms with Crippen molar-refractivity contribution in [3.8, 4) is 51.6 Å². The van der Waals surface area contributed by atoms with E-state index in [1.807, 2.05) is 0 Å². The molecule has 0 saturated carbocycles. The number of alkyl halides is 9. The van der Waals surface area contributed by atoms with Crippen LogP contribution >= 0.6 is 0 Å². The predicted molar refractivity (Wildman–Crippen MR) is 138 cm³/mol. The van der Waals surface area contributed by atoms with Crippen LogP contribution in [0.3, 0.4) is 0 Å². The van der Waals surface area contributed by atoms with Gasteiger partial charge in [0, 0.05) is 21.6 Å². The van der Waals surface area contributed by atoms with Crippen LogP contribution in [0.1, 0.15) is 27.8 Å². The van der Waals surface area contributed by atoms with Crippen molar-refractivity contribution in [1.82, 2.24) is 0 Å². The molecule has 2 aliphatic rings. The monoisotopic (exact) mass is 646 g/mol. The smallest absolute Gasteiger partial charge is 0.405 e. The average Bonchev–Trinajstić information content (AvgIpc) is 3.51. The summed E-state index contributed by atoms with van der Waals surface area (Å²) in [6.07, 6.45) is -17.2. The molecule has 0 saturated heterocycles. The first-order valence-electron chi connectivity index (χ1n) is 12.5. The van der Waals surface area contributed by atoms with Crippen molar-refractivity contribution in [2.45, 2.75) is 38.9 Å². The molecule has 0 heterocycles. The average molecular weight is 646 g/mol. The number of fused-ring (bicyclic) bond motifs is 6. The molecule has 0 bridgehead atoms. The van der Waals surface area contributed by atoms with Crippen LogP contribution in [0, 0.1) is 42.7 Å². The van der Waals surface area contributed by atoms with Crippen molar-refractivity contribution in [2.24, 2.45) is 0 Å². The summed E-state index contributed by atoms with van der Waals surface area (Å²) < 4.78 is 134. The minimum Gasteiger partial charge on any atom is -0.405 e. The first-order valence-corrected chi connectivity index (χ1v) is 12.5. The van der Waals surface area contributed by atoms with Gasteiger partial charge in [-0.15, -0.1) is 39.5 Å². The number of hydrogen-bond acceptors (Lipinski definition) is 5. The number of nitriles is 2. The van der Waals surface area contributed by atoms with E-state index in [1.165, 1.54) is 19.1 Å². The van der Waals surface area contributed by atoms with Crippen molar-refractivity contribution < 1.29 is 53.7 Å². The number of halogens is 9. The third kappa shape index (κ3) is 5.35. The maximum Gasteiger partial charge on any atom is 0.573 e. The van der Waals surface area contributed by atoms with Gasteiger partial charge in [-0.25, -0.2) is 20.2 Å². The number of ether oxygens (including phenoxy) is 3. The summed E-state index contributed by atoms with van der Waals surface area (Å²) in [5.41, 5.74) is -3.50. The van der Waals surface area contributed by atoms with Crippen LogP contribution in [0.25, 0.3) is 43.3 Å². The van der Waals surface area contributed by atoms with Gasteiger partial charge in [0.1, 0.15) is 5.75 Å². The Balaban J connectivity index is 2.08. The number of nitrogens with zero attached hydrogens (tertiary/aromatic N) is 4. The lowest BCUT2D eigenvalue weighted by atomic mass is 9.89. The zero-order valence-corrected chi connectivity index (χ0v) is 22.6. The molecule has 0 unspecified atom stereocenters. The van der Waals surface area contributed by atoms with Crippen molar-refractivity contribution in [3.63, 3.8) is 0 Å². The Morgan fingerprint density at radius 2 is 1.07 bits per heavy atom. The van der Waals surface area contributed by atoms with E-state index < -0.39 is 70.5 Å². The lowest BCUT2D eigenvalue weighted by Gasteiger charge is -2.20. The molecule has 5 rings (SSSR count). The van der Waals surface area contributed by atoms with Crippen LogP contribution in [-0.4, -0.2) is 19.1 Å². The fraction of sp³-hybridized carbons (Fsp3) is 0.200. The molecule has 3 aromatic rings. The Morgan fingerprint density at radius 1 is 0.652 bits per heavy atom. The Bertz CT molecular complexity index is 2120. The Labute approximate surface area is 251 Å². The molecule has 16 heteroatoms. The fourth-order valence-corrected chi connectivity index (χ4v) is 5.78. The van der Waals surface area contributed by atoms with Crippen LogP contribution in [0.5, 0.6) is 17.2 Å². The first-order chi connectivity index (χ1) is 21.4. The zero-order chi connectivity index (χ0) is 33.9. The number of benzene rings is 3. The van der Waals surface area contributed by atoms with Crippen molar-refractivity contribution in [2.75, 3.05) is 0 Å². The molecular formula is C30H11F9N4O3. The predicted octanol–water partition coefficient (Wildman–Crippen LogP) is 6.94. The highest BCUT2D eigenvalue weighted by molar-refractivity contribution is 5.96. The van der Waals surface area contributed by atoms with Crippen molar-refractivity contribution in [3.05, 3.63) is 85.4 Å². The van der Waals surface area contributed by atoms with Gasteiger partial charge in [-0.2, -0.15) is 0 Å². The van der Waals surface area contributed by atoms with Crippen LogP contribution in [0.15, 0.2) is 24.3 Å². The topological polar surface area (TPSA) is 84.0 Å². The molecule has 0 atom stereocenters. The molecule has 0 spiro atoms. The van der Waals surface area contributed by atoms with Crippen LogP contribution in [0.2, 0.25) is 0 Å². The summed E-state index contributed by atoms with van der Waals surface area (Å²) in [5, 5.41) is 19.1. The maximum atomic E-state index is 13.7. The molecule has 3 aromatic carbocycles. The van der Waals surface area contributed by atoms with Gasteiger partial charge in [-0.05, 0) is 64.8 Å². The highest BCUT2D eigenvalue weighted by Crippen LogP contribution is 2.51. The number of rotatable bonds is 3. The summed E-state index contributed by atoms with van der Waals surface area (Å²) >= 11 is 0. The van der Waals surface area contributed by atoms with Crippen LogP contribution in [-0.2, 0) is 12.8 Å². The molecule has 0 fully saturated rings. The van der Waals surface area contributed by atoms with Gasteiger partial charge in [-0.3, -0.25) is 0 Å². The van der Waals surface area contributed by atoms with Gasteiger partial charge in [0.05, 0.1) is 25.3 Å². The van der Waals surface area contributed by atoms with E-state index in [-0.39, 0.29) is 50.6 Å². The second kappa shape index (κ2) is 10.6. The minimum atomic E-state index is -5.58. The third-order valence-electron chi connectivity index (χ3n) is 7.16.